The van der Waals surface area contributed by atoms with Crippen molar-refractivity contribution in [2.75, 3.05) is 0 Å². The molecule has 0 spiro atoms. The summed E-state index contributed by atoms with van der Waals surface area (Å²) in [4.78, 5) is 0.279. The molecule has 0 fully saturated rings. The molecule has 0 nitrogen and oxygen atoms in total. The summed E-state index contributed by atoms with van der Waals surface area (Å²) in [5.74, 6) is 0. The Labute approximate surface area is 131 Å². The van der Waals surface area contributed by atoms with Gasteiger partial charge in [0.1, 0.15) is 0 Å². The van der Waals surface area contributed by atoms with Crippen LogP contribution in [0.25, 0.3) is 0 Å². The Bertz CT molecular complexity index is 505. The molecule has 0 aromatic heterocycles. The molecule has 2 rings (SSSR count). The minimum atomic E-state index is 0.279. The van der Waals surface area contributed by atoms with Crippen molar-refractivity contribution in [3.63, 3.8) is 0 Å². The van der Waals surface area contributed by atoms with Crippen LogP contribution in [0.3, 0.4) is 0 Å². The molecule has 2 heteroatoms. The second-order valence-corrected chi connectivity index (χ2v) is 6.45. The lowest BCUT2D eigenvalue weighted by Gasteiger charge is -2.13. The standard InChI is InChI=1S/C16H16BrI/c1-2-5-12-8-10-13(11-9-12)16(17)14-6-3-4-7-15(14)18/h3-4,6-11,16H,2,5H2,1H3. The second-order valence-electron chi connectivity index (χ2n) is 4.38. The van der Waals surface area contributed by atoms with Crippen molar-refractivity contribution in [3.05, 3.63) is 68.8 Å². The first-order valence-electron chi connectivity index (χ1n) is 6.19. The molecule has 0 saturated carbocycles. The lowest BCUT2D eigenvalue weighted by Crippen LogP contribution is -1.96. The summed E-state index contributed by atoms with van der Waals surface area (Å²) in [6, 6.07) is 17.4. The van der Waals surface area contributed by atoms with Crippen molar-refractivity contribution >= 4 is 38.5 Å². The zero-order valence-corrected chi connectivity index (χ0v) is 14.1. The maximum atomic E-state index is 3.80. The number of halogens is 2. The largest absolute Gasteiger partial charge is 0.0786 e. The second kappa shape index (κ2) is 6.71. The molecule has 0 saturated heterocycles. The molecular formula is C16H16BrI. The van der Waals surface area contributed by atoms with Crippen LogP contribution in [0.2, 0.25) is 0 Å². The van der Waals surface area contributed by atoms with Gasteiger partial charge in [0.2, 0.25) is 0 Å². The van der Waals surface area contributed by atoms with E-state index >= 15 is 0 Å². The normalized spacial score (nSPS) is 12.4. The molecule has 0 heterocycles. The summed E-state index contributed by atoms with van der Waals surface area (Å²) in [5.41, 5.74) is 4.07. The van der Waals surface area contributed by atoms with Crippen LogP contribution in [-0.2, 0) is 6.42 Å². The predicted octanol–water partition coefficient (Wildman–Crippen LogP) is 5.73. The highest BCUT2D eigenvalue weighted by molar-refractivity contribution is 14.1. The van der Waals surface area contributed by atoms with Gasteiger partial charge in [-0.15, -0.1) is 0 Å². The number of alkyl halides is 1. The van der Waals surface area contributed by atoms with E-state index in [9.17, 15) is 0 Å². The van der Waals surface area contributed by atoms with E-state index in [1.807, 2.05) is 0 Å². The van der Waals surface area contributed by atoms with Gasteiger partial charge in [0.15, 0.2) is 0 Å². The fourth-order valence-corrected chi connectivity index (χ4v) is 3.83. The van der Waals surface area contributed by atoms with Gasteiger partial charge < -0.3 is 0 Å². The Kier molecular flexibility index (Phi) is 5.25. The van der Waals surface area contributed by atoms with Gasteiger partial charge in [-0.2, -0.15) is 0 Å². The molecular weight excluding hydrogens is 399 g/mol. The van der Waals surface area contributed by atoms with Crippen LogP contribution in [0.1, 0.15) is 34.9 Å². The van der Waals surface area contributed by atoms with Crippen molar-refractivity contribution < 1.29 is 0 Å². The van der Waals surface area contributed by atoms with Crippen LogP contribution < -0.4 is 0 Å². The van der Waals surface area contributed by atoms with E-state index in [0.717, 1.165) is 6.42 Å². The van der Waals surface area contributed by atoms with Crippen LogP contribution in [-0.4, -0.2) is 0 Å². The summed E-state index contributed by atoms with van der Waals surface area (Å²) in [6.45, 7) is 2.22. The molecule has 2 aromatic rings. The Hall–Kier alpha value is -0.350. The fraction of sp³-hybridized carbons (Fsp3) is 0.250. The zero-order chi connectivity index (χ0) is 13.0. The van der Waals surface area contributed by atoms with Crippen LogP contribution in [0.5, 0.6) is 0 Å². The summed E-state index contributed by atoms with van der Waals surface area (Å²) >= 11 is 6.20. The molecule has 0 aliphatic heterocycles. The van der Waals surface area contributed by atoms with Crippen LogP contribution in [0.4, 0.5) is 0 Å². The van der Waals surface area contributed by atoms with E-state index in [1.165, 1.54) is 26.7 Å². The molecule has 94 valence electrons. The number of aryl methyl sites for hydroxylation is 1. The maximum absolute atomic E-state index is 3.80. The highest BCUT2D eigenvalue weighted by atomic mass is 127. The first-order valence-corrected chi connectivity index (χ1v) is 8.19. The van der Waals surface area contributed by atoms with E-state index in [-0.39, 0.29) is 4.83 Å². The predicted molar refractivity (Wildman–Crippen MR) is 90.4 cm³/mol. The van der Waals surface area contributed by atoms with Crippen LogP contribution >= 0.6 is 38.5 Å². The van der Waals surface area contributed by atoms with Gasteiger partial charge in [0, 0.05) is 3.57 Å². The van der Waals surface area contributed by atoms with Gasteiger partial charge in [0.25, 0.3) is 0 Å². The monoisotopic (exact) mass is 414 g/mol. The third-order valence-electron chi connectivity index (χ3n) is 2.99. The molecule has 0 N–H and O–H groups in total. The van der Waals surface area contributed by atoms with Crippen molar-refractivity contribution in [2.45, 2.75) is 24.6 Å². The van der Waals surface area contributed by atoms with Gasteiger partial charge in [-0.3, -0.25) is 0 Å². The molecule has 1 atom stereocenters. The van der Waals surface area contributed by atoms with Crippen LogP contribution in [0, 0.1) is 3.57 Å². The summed E-state index contributed by atoms with van der Waals surface area (Å²) in [5, 5.41) is 0. The zero-order valence-electron chi connectivity index (χ0n) is 10.4. The van der Waals surface area contributed by atoms with E-state index in [1.54, 1.807) is 0 Å². The van der Waals surface area contributed by atoms with Gasteiger partial charge in [-0.1, -0.05) is 71.7 Å². The number of hydrogen-bond acceptors (Lipinski definition) is 0. The fourth-order valence-electron chi connectivity index (χ4n) is 2.00. The van der Waals surface area contributed by atoms with Crippen molar-refractivity contribution in [3.8, 4) is 0 Å². The topological polar surface area (TPSA) is 0 Å². The van der Waals surface area contributed by atoms with E-state index in [4.69, 9.17) is 0 Å². The summed E-state index contributed by atoms with van der Waals surface area (Å²) in [6.07, 6.45) is 2.36. The lowest BCUT2D eigenvalue weighted by molar-refractivity contribution is 0.920. The molecule has 18 heavy (non-hydrogen) atoms. The molecule has 0 amide bonds. The molecule has 0 aliphatic carbocycles. The quantitative estimate of drug-likeness (QED) is 0.442. The van der Waals surface area contributed by atoms with Crippen molar-refractivity contribution in [2.24, 2.45) is 0 Å². The average molecular weight is 415 g/mol. The molecule has 1 unspecified atom stereocenters. The Morgan fingerprint density at radius 1 is 1.06 bits per heavy atom. The van der Waals surface area contributed by atoms with Gasteiger partial charge in [0.05, 0.1) is 4.83 Å². The Morgan fingerprint density at radius 2 is 1.72 bits per heavy atom. The lowest BCUT2D eigenvalue weighted by atomic mass is 10.0. The molecule has 2 aromatic carbocycles. The van der Waals surface area contributed by atoms with Gasteiger partial charge >= 0.3 is 0 Å². The number of hydrogen-bond donors (Lipinski definition) is 0. The van der Waals surface area contributed by atoms with E-state index < -0.39 is 0 Å². The molecule has 0 aliphatic rings. The van der Waals surface area contributed by atoms with Gasteiger partial charge in [-0.05, 0) is 51.8 Å². The van der Waals surface area contributed by atoms with Crippen molar-refractivity contribution in [1.82, 2.24) is 0 Å². The average Bonchev–Trinajstić information content (AvgIpc) is 2.40. The van der Waals surface area contributed by atoms with Crippen molar-refractivity contribution in [1.29, 1.82) is 0 Å². The highest BCUT2D eigenvalue weighted by Crippen LogP contribution is 2.33. The smallest absolute Gasteiger partial charge is 0.0654 e. The van der Waals surface area contributed by atoms with E-state index in [0.29, 0.717) is 0 Å². The summed E-state index contributed by atoms with van der Waals surface area (Å²) < 4.78 is 1.30. The molecule has 0 bridgehead atoms. The Balaban J connectivity index is 2.23. The molecule has 0 radical (unpaired) electrons. The third-order valence-corrected chi connectivity index (χ3v) is 4.99. The SMILES string of the molecule is CCCc1ccc(C(Br)c2ccccc2I)cc1. The van der Waals surface area contributed by atoms with Crippen LogP contribution in [0.15, 0.2) is 48.5 Å². The minimum absolute atomic E-state index is 0.279. The summed E-state index contributed by atoms with van der Waals surface area (Å²) in [7, 11) is 0. The maximum Gasteiger partial charge on any atom is 0.0654 e. The number of benzene rings is 2. The first kappa shape index (κ1) is 14.1. The van der Waals surface area contributed by atoms with Gasteiger partial charge in [-0.25, -0.2) is 0 Å². The Morgan fingerprint density at radius 3 is 2.33 bits per heavy atom. The highest BCUT2D eigenvalue weighted by Gasteiger charge is 2.12. The van der Waals surface area contributed by atoms with E-state index in [2.05, 4.69) is 94.0 Å². The number of rotatable bonds is 4. The third kappa shape index (κ3) is 3.35. The minimum Gasteiger partial charge on any atom is -0.0786 e. The first-order chi connectivity index (χ1) is 8.72.